The van der Waals surface area contributed by atoms with Gasteiger partial charge >= 0.3 is 37.7 Å². The zero-order chi connectivity index (χ0) is 43.6. The van der Waals surface area contributed by atoms with Gasteiger partial charge in [-0.3, -0.25) is 0 Å². The zero-order valence-electron chi connectivity index (χ0n) is 38.5. The molecular formula is C52H78CaO6S2. The molecule has 61 heavy (non-hydrogen) atoms. The Labute approximate surface area is 402 Å². The van der Waals surface area contributed by atoms with E-state index in [1.807, 2.05) is 36.4 Å². The quantitative estimate of drug-likeness (QED) is 0.0292. The average molecular weight is 903 g/mol. The maximum absolute atomic E-state index is 11.9. The number of fused-ring (bicyclic) bond motifs is 2. The second kappa shape index (κ2) is 31.4. The summed E-state index contributed by atoms with van der Waals surface area (Å²) >= 11 is 0. The molecular weight excluding hydrogens is 825 g/mol. The maximum atomic E-state index is 11.9. The second-order valence-corrected chi connectivity index (χ2v) is 19.9. The van der Waals surface area contributed by atoms with Gasteiger partial charge in [0.15, 0.2) is 0 Å². The third kappa shape index (κ3) is 20.9. The van der Waals surface area contributed by atoms with E-state index in [0.29, 0.717) is 24.0 Å². The molecule has 9 heteroatoms. The van der Waals surface area contributed by atoms with E-state index >= 15 is 0 Å². The number of aryl methyl sites for hydroxylation is 4. The summed E-state index contributed by atoms with van der Waals surface area (Å²) in [6, 6.07) is 19.3. The molecule has 0 saturated heterocycles. The van der Waals surface area contributed by atoms with E-state index in [1.165, 1.54) is 127 Å². The number of hydrogen-bond acceptors (Lipinski definition) is 6. The van der Waals surface area contributed by atoms with Crippen LogP contribution >= 0.6 is 0 Å². The molecule has 6 nitrogen and oxygen atoms in total. The van der Waals surface area contributed by atoms with Gasteiger partial charge in [-0.15, -0.1) is 0 Å². The topological polar surface area (TPSA) is 114 Å². The van der Waals surface area contributed by atoms with Crippen LogP contribution in [-0.2, 0) is 45.9 Å². The molecule has 0 radical (unpaired) electrons. The minimum atomic E-state index is -4.47. The molecule has 0 bridgehead atoms. The predicted octanol–water partition coefficient (Wildman–Crippen LogP) is 14.7. The van der Waals surface area contributed by atoms with Crippen LogP contribution < -0.4 is 0 Å². The minimum absolute atomic E-state index is 0. The van der Waals surface area contributed by atoms with Gasteiger partial charge in [0.2, 0.25) is 0 Å². The number of hydrogen-bond donors (Lipinski definition) is 0. The molecule has 336 valence electrons. The van der Waals surface area contributed by atoms with Crippen LogP contribution in [0.1, 0.15) is 204 Å². The van der Waals surface area contributed by atoms with Crippen LogP contribution in [0, 0.1) is 0 Å². The van der Waals surface area contributed by atoms with Gasteiger partial charge in [-0.1, -0.05) is 193 Å². The molecule has 0 amide bonds. The summed E-state index contributed by atoms with van der Waals surface area (Å²) in [7, 11) is -8.94. The summed E-state index contributed by atoms with van der Waals surface area (Å²) in [5.41, 5.74) is 3.93. The van der Waals surface area contributed by atoms with E-state index in [-0.39, 0.29) is 47.5 Å². The minimum Gasteiger partial charge on any atom is -0.744 e. The summed E-state index contributed by atoms with van der Waals surface area (Å²) in [6.45, 7) is 8.86. The summed E-state index contributed by atoms with van der Waals surface area (Å²) in [5.74, 6) is 0. The van der Waals surface area contributed by atoms with Gasteiger partial charge in [-0.25, -0.2) is 16.8 Å². The van der Waals surface area contributed by atoms with Gasteiger partial charge in [-0.05, 0) is 119 Å². The van der Waals surface area contributed by atoms with Crippen molar-refractivity contribution in [2.24, 2.45) is 0 Å². The fraction of sp³-hybridized carbons (Fsp3) is 0.615. The summed E-state index contributed by atoms with van der Waals surface area (Å²) in [6.07, 6.45) is 32.1. The Morgan fingerprint density at radius 1 is 0.361 bits per heavy atom. The van der Waals surface area contributed by atoms with Crippen LogP contribution in [-0.4, -0.2) is 63.7 Å². The fourth-order valence-corrected chi connectivity index (χ4v) is 10.0. The van der Waals surface area contributed by atoms with Gasteiger partial charge in [0, 0.05) is 0 Å². The van der Waals surface area contributed by atoms with E-state index in [4.69, 9.17) is 0 Å². The molecule has 0 N–H and O–H groups in total. The second-order valence-electron chi connectivity index (χ2n) is 17.2. The van der Waals surface area contributed by atoms with Crippen LogP contribution in [0.3, 0.4) is 0 Å². The first kappa shape index (κ1) is 55.6. The van der Waals surface area contributed by atoms with Gasteiger partial charge in [0.05, 0.1) is 9.79 Å². The SMILES string of the molecule is CCCCCCCCc1cc2c(CCCCCCCC)cccc2cc1S(=O)(=O)[O-].CCCCCCCCc1cc2c(CCCCCCCC)cccc2cc1S(=O)(=O)[O-].[Ca+2]. The molecule has 0 saturated carbocycles. The van der Waals surface area contributed by atoms with Crippen LogP contribution in [0.4, 0.5) is 0 Å². The normalized spacial score (nSPS) is 11.8. The van der Waals surface area contributed by atoms with Crippen molar-refractivity contribution in [1.29, 1.82) is 0 Å². The molecule has 0 fully saturated rings. The van der Waals surface area contributed by atoms with E-state index in [2.05, 4.69) is 39.8 Å². The van der Waals surface area contributed by atoms with Crippen LogP contribution in [0.2, 0.25) is 0 Å². The van der Waals surface area contributed by atoms with Crippen LogP contribution in [0.5, 0.6) is 0 Å². The van der Waals surface area contributed by atoms with Gasteiger partial charge in [0.1, 0.15) is 20.2 Å². The van der Waals surface area contributed by atoms with Gasteiger partial charge in [0.25, 0.3) is 0 Å². The van der Waals surface area contributed by atoms with Crippen LogP contribution in [0.25, 0.3) is 21.5 Å². The Bertz CT molecular complexity index is 1900. The van der Waals surface area contributed by atoms with E-state index < -0.39 is 20.2 Å². The molecule has 0 aromatic heterocycles. The maximum Gasteiger partial charge on any atom is 2.00 e. The molecule has 0 aliphatic heterocycles. The first-order valence-corrected chi connectivity index (χ1v) is 26.8. The molecule has 0 unspecified atom stereocenters. The molecule has 4 aromatic carbocycles. The fourth-order valence-electron chi connectivity index (χ4n) is 8.50. The Morgan fingerprint density at radius 2 is 0.623 bits per heavy atom. The largest absolute Gasteiger partial charge is 2.00 e. The van der Waals surface area contributed by atoms with Crippen molar-refractivity contribution < 1.29 is 25.9 Å². The average Bonchev–Trinajstić information content (AvgIpc) is 3.22. The van der Waals surface area contributed by atoms with E-state index in [9.17, 15) is 25.9 Å². The third-order valence-corrected chi connectivity index (χ3v) is 13.9. The van der Waals surface area contributed by atoms with Crippen molar-refractivity contribution >= 4 is 79.5 Å². The molecule has 0 aliphatic carbocycles. The number of rotatable bonds is 30. The first-order chi connectivity index (χ1) is 28.9. The van der Waals surface area contributed by atoms with Crippen molar-refractivity contribution in [1.82, 2.24) is 0 Å². The number of unbranched alkanes of at least 4 members (excludes halogenated alkanes) is 20. The van der Waals surface area contributed by atoms with E-state index in [0.717, 1.165) is 72.9 Å². The van der Waals surface area contributed by atoms with Crippen molar-refractivity contribution in [3.05, 3.63) is 82.9 Å². The Morgan fingerprint density at radius 3 is 0.902 bits per heavy atom. The first-order valence-electron chi connectivity index (χ1n) is 23.9. The molecule has 0 aliphatic rings. The van der Waals surface area contributed by atoms with Gasteiger partial charge in [-0.2, -0.15) is 0 Å². The number of benzene rings is 4. The standard InChI is InChI=1S/2C26H40O3S.Ca/c2*1-3-5-7-9-11-13-16-22-18-15-19-23-21-26(30(27,28)29)24(20-25(22)23)17-14-12-10-8-6-4-2;/h2*15,18-21H,3-14,16-17H2,1-2H3,(H,27,28,29);/q;;+2/p-2. The van der Waals surface area contributed by atoms with Crippen LogP contribution in [0.15, 0.2) is 70.5 Å². The van der Waals surface area contributed by atoms with Crippen molar-refractivity contribution in [3.63, 3.8) is 0 Å². The van der Waals surface area contributed by atoms with Crippen molar-refractivity contribution in [2.45, 2.75) is 217 Å². The van der Waals surface area contributed by atoms with Crippen molar-refractivity contribution in [3.8, 4) is 0 Å². The Kier molecular flexibility index (Phi) is 28.6. The molecule has 0 spiro atoms. The summed E-state index contributed by atoms with van der Waals surface area (Å²) in [4.78, 5) is -0.0550. The molecule has 4 rings (SSSR count). The smallest absolute Gasteiger partial charge is 0.744 e. The summed E-state index contributed by atoms with van der Waals surface area (Å²) < 4.78 is 71.4. The zero-order valence-corrected chi connectivity index (χ0v) is 42.4. The monoisotopic (exact) mass is 902 g/mol. The Hall–Kier alpha value is -1.52. The predicted molar refractivity (Wildman–Crippen MR) is 258 cm³/mol. The molecule has 0 heterocycles. The van der Waals surface area contributed by atoms with Gasteiger partial charge < -0.3 is 9.11 Å². The third-order valence-electron chi connectivity index (χ3n) is 12.0. The molecule has 0 atom stereocenters. The Balaban J connectivity index is 0.000000413. The van der Waals surface area contributed by atoms with E-state index in [1.54, 1.807) is 12.1 Å². The van der Waals surface area contributed by atoms with Crippen molar-refractivity contribution in [2.75, 3.05) is 0 Å². The molecule has 4 aromatic rings. The summed E-state index contributed by atoms with van der Waals surface area (Å²) in [5, 5.41) is 3.94.